The van der Waals surface area contributed by atoms with Gasteiger partial charge in [-0.15, -0.1) is 0 Å². The van der Waals surface area contributed by atoms with Crippen molar-refractivity contribution in [3.8, 4) is 22.9 Å². The molecule has 0 aliphatic heterocycles. The molecule has 0 aliphatic rings. The van der Waals surface area contributed by atoms with E-state index in [4.69, 9.17) is 14.0 Å². The predicted molar refractivity (Wildman–Crippen MR) is 99.3 cm³/mol. The zero-order valence-electron chi connectivity index (χ0n) is 15.6. The highest BCUT2D eigenvalue weighted by Gasteiger charge is 2.15. The van der Waals surface area contributed by atoms with Gasteiger partial charge in [-0.05, 0) is 43.3 Å². The van der Waals surface area contributed by atoms with Gasteiger partial charge in [0.15, 0.2) is 0 Å². The monoisotopic (exact) mass is 371 g/mol. The maximum atomic E-state index is 13.0. The molecule has 0 atom stereocenters. The summed E-state index contributed by atoms with van der Waals surface area (Å²) in [7, 11) is 5.16. The Morgan fingerprint density at radius 3 is 2.56 bits per heavy atom. The number of likely N-dealkylation sites (N-methyl/N-ethyl adjacent to an activating group) is 1. The van der Waals surface area contributed by atoms with E-state index in [0.717, 1.165) is 24.1 Å². The SMILES string of the molecule is COc1ccc(-c2noc(CN(C)CCc3ccc(F)cc3)n2)c(OC)c1. The summed E-state index contributed by atoms with van der Waals surface area (Å²) >= 11 is 0. The Morgan fingerprint density at radius 2 is 1.85 bits per heavy atom. The van der Waals surface area contributed by atoms with Gasteiger partial charge in [-0.25, -0.2) is 4.39 Å². The molecule has 0 saturated heterocycles. The van der Waals surface area contributed by atoms with E-state index in [9.17, 15) is 4.39 Å². The first kappa shape index (κ1) is 18.8. The molecule has 0 radical (unpaired) electrons. The van der Waals surface area contributed by atoms with Crippen LogP contribution in [0.25, 0.3) is 11.4 Å². The third-order valence-electron chi connectivity index (χ3n) is 4.22. The molecule has 0 saturated carbocycles. The average Bonchev–Trinajstić information content (AvgIpc) is 3.15. The minimum atomic E-state index is -0.223. The molecule has 1 aromatic heterocycles. The molecule has 0 N–H and O–H groups in total. The topological polar surface area (TPSA) is 60.6 Å². The molecular formula is C20H22FN3O3. The Bertz CT molecular complexity index is 880. The number of aromatic nitrogens is 2. The van der Waals surface area contributed by atoms with E-state index in [-0.39, 0.29) is 5.82 Å². The van der Waals surface area contributed by atoms with Crippen molar-refractivity contribution in [3.05, 3.63) is 59.7 Å². The second-order valence-corrected chi connectivity index (χ2v) is 6.19. The van der Waals surface area contributed by atoms with Crippen LogP contribution in [0.5, 0.6) is 11.5 Å². The lowest BCUT2D eigenvalue weighted by Crippen LogP contribution is -2.20. The number of hydrogen-bond acceptors (Lipinski definition) is 6. The van der Waals surface area contributed by atoms with Crippen LogP contribution in [0.15, 0.2) is 47.0 Å². The van der Waals surface area contributed by atoms with Crippen molar-refractivity contribution >= 4 is 0 Å². The molecule has 3 rings (SSSR count). The summed E-state index contributed by atoms with van der Waals surface area (Å²) in [6.07, 6.45) is 0.810. The minimum Gasteiger partial charge on any atom is -0.497 e. The zero-order chi connectivity index (χ0) is 19.2. The Labute approximate surface area is 157 Å². The maximum absolute atomic E-state index is 13.0. The third kappa shape index (κ3) is 4.83. The summed E-state index contributed by atoms with van der Waals surface area (Å²) in [4.78, 5) is 6.54. The van der Waals surface area contributed by atoms with Gasteiger partial charge in [0.25, 0.3) is 0 Å². The van der Waals surface area contributed by atoms with Crippen LogP contribution in [-0.2, 0) is 13.0 Å². The molecule has 0 fully saturated rings. The number of methoxy groups -OCH3 is 2. The van der Waals surface area contributed by atoms with Gasteiger partial charge in [-0.2, -0.15) is 4.98 Å². The summed E-state index contributed by atoms with van der Waals surface area (Å²) in [5, 5.41) is 4.06. The normalized spacial score (nSPS) is 11.0. The number of rotatable bonds is 8. The maximum Gasteiger partial charge on any atom is 0.241 e. The lowest BCUT2D eigenvalue weighted by atomic mass is 10.1. The molecule has 3 aromatic rings. The van der Waals surface area contributed by atoms with E-state index in [2.05, 4.69) is 15.0 Å². The molecule has 6 nitrogen and oxygen atoms in total. The zero-order valence-corrected chi connectivity index (χ0v) is 15.6. The van der Waals surface area contributed by atoms with Crippen LogP contribution in [0.4, 0.5) is 4.39 Å². The molecule has 27 heavy (non-hydrogen) atoms. The van der Waals surface area contributed by atoms with Crippen molar-refractivity contribution in [2.45, 2.75) is 13.0 Å². The lowest BCUT2D eigenvalue weighted by Gasteiger charge is -2.13. The summed E-state index contributed by atoms with van der Waals surface area (Å²) in [6.45, 7) is 1.31. The Kier molecular flexibility index (Phi) is 6.03. The third-order valence-corrected chi connectivity index (χ3v) is 4.22. The fourth-order valence-electron chi connectivity index (χ4n) is 2.69. The molecule has 0 unspecified atom stereocenters. The fraction of sp³-hybridized carbons (Fsp3) is 0.300. The van der Waals surface area contributed by atoms with E-state index in [1.165, 1.54) is 12.1 Å². The molecule has 0 bridgehead atoms. The van der Waals surface area contributed by atoms with Crippen LogP contribution in [0, 0.1) is 5.82 Å². The van der Waals surface area contributed by atoms with Crippen molar-refractivity contribution < 1.29 is 18.4 Å². The number of ether oxygens (including phenoxy) is 2. The second-order valence-electron chi connectivity index (χ2n) is 6.19. The molecule has 0 amide bonds. The van der Waals surface area contributed by atoms with E-state index in [0.29, 0.717) is 29.8 Å². The lowest BCUT2D eigenvalue weighted by molar-refractivity contribution is 0.269. The van der Waals surface area contributed by atoms with Crippen LogP contribution in [0.2, 0.25) is 0 Å². The highest BCUT2D eigenvalue weighted by atomic mass is 19.1. The van der Waals surface area contributed by atoms with Gasteiger partial charge >= 0.3 is 0 Å². The van der Waals surface area contributed by atoms with Crippen LogP contribution < -0.4 is 9.47 Å². The van der Waals surface area contributed by atoms with Gasteiger partial charge in [0, 0.05) is 12.6 Å². The van der Waals surface area contributed by atoms with Crippen LogP contribution in [0.1, 0.15) is 11.5 Å². The van der Waals surface area contributed by atoms with Gasteiger partial charge in [0.1, 0.15) is 17.3 Å². The summed E-state index contributed by atoms with van der Waals surface area (Å²) < 4.78 is 28.9. The van der Waals surface area contributed by atoms with Crippen molar-refractivity contribution in [2.75, 3.05) is 27.8 Å². The number of benzene rings is 2. The molecule has 0 aliphatic carbocycles. The standard InChI is InChI=1S/C20H22FN3O3/c1-24(11-10-14-4-6-15(21)7-5-14)13-19-22-20(23-27-19)17-9-8-16(25-2)12-18(17)26-3/h4-9,12H,10-11,13H2,1-3H3. The minimum absolute atomic E-state index is 0.223. The van der Waals surface area contributed by atoms with E-state index < -0.39 is 0 Å². The van der Waals surface area contributed by atoms with Crippen molar-refractivity contribution in [2.24, 2.45) is 0 Å². The van der Waals surface area contributed by atoms with Crippen LogP contribution in [-0.4, -0.2) is 42.9 Å². The summed E-state index contributed by atoms with van der Waals surface area (Å²) in [6, 6.07) is 12.0. The van der Waals surface area contributed by atoms with Gasteiger partial charge in [-0.1, -0.05) is 17.3 Å². The Morgan fingerprint density at radius 1 is 1.07 bits per heavy atom. The van der Waals surface area contributed by atoms with Crippen LogP contribution >= 0.6 is 0 Å². The van der Waals surface area contributed by atoms with Crippen molar-refractivity contribution in [1.29, 1.82) is 0 Å². The second kappa shape index (κ2) is 8.64. The number of nitrogens with zero attached hydrogens (tertiary/aromatic N) is 3. The van der Waals surface area contributed by atoms with Crippen LogP contribution in [0.3, 0.4) is 0 Å². The fourth-order valence-corrected chi connectivity index (χ4v) is 2.69. The van der Waals surface area contributed by atoms with Gasteiger partial charge < -0.3 is 14.0 Å². The highest BCUT2D eigenvalue weighted by Crippen LogP contribution is 2.31. The predicted octanol–water partition coefficient (Wildman–Crippen LogP) is 3.57. The van der Waals surface area contributed by atoms with Crippen molar-refractivity contribution in [1.82, 2.24) is 15.0 Å². The molecular weight excluding hydrogens is 349 g/mol. The molecule has 1 heterocycles. The van der Waals surface area contributed by atoms with Gasteiger partial charge in [0.2, 0.25) is 11.7 Å². The van der Waals surface area contributed by atoms with Gasteiger partial charge in [0.05, 0.1) is 26.3 Å². The van der Waals surface area contributed by atoms with E-state index in [1.807, 2.05) is 19.2 Å². The van der Waals surface area contributed by atoms with E-state index in [1.54, 1.807) is 32.4 Å². The van der Waals surface area contributed by atoms with Gasteiger partial charge in [-0.3, -0.25) is 4.90 Å². The Balaban J connectivity index is 1.63. The van der Waals surface area contributed by atoms with Crippen molar-refractivity contribution in [3.63, 3.8) is 0 Å². The first-order chi connectivity index (χ1) is 13.1. The van der Waals surface area contributed by atoms with E-state index >= 15 is 0 Å². The molecule has 2 aromatic carbocycles. The smallest absolute Gasteiger partial charge is 0.241 e. The average molecular weight is 371 g/mol. The summed E-state index contributed by atoms with van der Waals surface area (Å²) in [5.74, 6) is 2.08. The summed E-state index contributed by atoms with van der Waals surface area (Å²) in [5.41, 5.74) is 1.82. The quantitative estimate of drug-likeness (QED) is 0.603. The molecule has 7 heteroatoms. The Hall–Kier alpha value is -2.93. The highest BCUT2D eigenvalue weighted by molar-refractivity contribution is 5.65. The largest absolute Gasteiger partial charge is 0.497 e. The molecule has 142 valence electrons. The first-order valence-electron chi connectivity index (χ1n) is 8.57. The number of hydrogen-bond donors (Lipinski definition) is 0. The first-order valence-corrected chi connectivity index (χ1v) is 8.57. The molecule has 0 spiro atoms. The number of halogens is 1.